The van der Waals surface area contributed by atoms with E-state index < -0.39 is 98.2 Å². The zero-order valence-electron chi connectivity index (χ0n) is 23.4. The molecule has 3 fully saturated rings. The van der Waals surface area contributed by atoms with Gasteiger partial charge in [-0.25, -0.2) is 26.9 Å². The average Bonchev–Trinajstić information content (AvgIpc) is 3.38. The second-order valence-electron chi connectivity index (χ2n) is 11.8. The van der Waals surface area contributed by atoms with Gasteiger partial charge in [-0.05, 0) is 83.3 Å². The third kappa shape index (κ3) is 4.14. The molecule has 3 aromatic carbocycles. The lowest BCUT2D eigenvalue weighted by molar-refractivity contribution is -0.125. The SMILES string of the molecule is O=C1C2CC=C3C(CC4(Cl)C(=O)N(c5c(F)c(F)c(F)c(F)c5F)C(=O)C4(Cl)C3c3cccc(O)c3)C2C(=O)N1c1ccc(I)cc1. The fourth-order valence-electron chi connectivity index (χ4n) is 7.49. The third-order valence-corrected chi connectivity index (χ3v) is 11.6. The van der Waals surface area contributed by atoms with Crippen LogP contribution in [-0.2, 0) is 19.2 Å². The predicted octanol–water partition coefficient (Wildman–Crippen LogP) is 6.46. The number of alkyl halides is 2. The van der Waals surface area contributed by atoms with Gasteiger partial charge in [0.05, 0.1) is 17.5 Å². The highest BCUT2D eigenvalue weighted by Crippen LogP contribution is 2.66. The molecule has 0 aromatic heterocycles. The molecule has 7 nitrogen and oxygen atoms in total. The Bertz CT molecular complexity index is 1970. The van der Waals surface area contributed by atoms with Gasteiger partial charge in [0, 0.05) is 9.49 Å². The van der Waals surface area contributed by atoms with E-state index in [9.17, 15) is 37.5 Å². The summed E-state index contributed by atoms with van der Waals surface area (Å²) >= 11 is 16.2. The summed E-state index contributed by atoms with van der Waals surface area (Å²) in [4.78, 5) is 51.6. The number of rotatable bonds is 3. The molecule has 6 unspecified atom stereocenters. The number of phenols is 1. The van der Waals surface area contributed by atoms with Crippen molar-refractivity contribution in [3.63, 3.8) is 0 Å². The second kappa shape index (κ2) is 10.7. The molecule has 2 saturated heterocycles. The summed E-state index contributed by atoms with van der Waals surface area (Å²) in [5.74, 6) is -21.4. The number of halogens is 8. The number of amides is 4. The molecular weight excluding hydrogens is 785 g/mol. The Balaban J connectivity index is 1.42. The van der Waals surface area contributed by atoms with Gasteiger partial charge in [-0.15, -0.1) is 23.2 Å². The number of anilines is 2. The van der Waals surface area contributed by atoms with E-state index >= 15 is 8.78 Å². The van der Waals surface area contributed by atoms with E-state index in [-0.39, 0.29) is 28.2 Å². The number of imide groups is 2. The Hall–Kier alpha value is -3.56. The van der Waals surface area contributed by atoms with Gasteiger partial charge in [0.25, 0.3) is 11.8 Å². The Morgan fingerprint density at radius 3 is 2.02 bits per heavy atom. The number of aromatic hydroxyl groups is 1. The summed E-state index contributed by atoms with van der Waals surface area (Å²) in [7, 11) is 0. The van der Waals surface area contributed by atoms with Crippen LogP contribution in [-0.4, -0.2) is 38.5 Å². The van der Waals surface area contributed by atoms with Crippen molar-refractivity contribution in [2.45, 2.75) is 28.5 Å². The molecule has 2 aliphatic carbocycles. The molecule has 242 valence electrons. The number of carbonyl (C=O) groups excluding carboxylic acids is 4. The molecule has 6 atom stereocenters. The lowest BCUT2D eigenvalue weighted by atomic mass is 9.56. The normalized spacial score (nSPS) is 30.0. The molecule has 2 heterocycles. The highest BCUT2D eigenvalue weighted by Gasteiger charge is 2.77. The first-order valence-corrected chi connectivity index (χ1v) is 15.9. The Labute approximate surface area is 286 Å². The molecule has 0 bridgehead atoms. The average molecular weight is 803 g/mol. The summed E-state index contributed by atoms with van der Waals surface area (Å²) in [6.45, 7) is 0. The van der Waals surface area contributed by atoms with E-state index in [1.165, 1.54) is 24.3 Å². The second-order valence-corrected chi connectivity index (χ2v) is 14.3. The maximum absolute atomic E-state index is 15.1. The summed E-state index contributed by atoms with van der Waals surface area (Å²) < 4.78 is 73.7. The van der Waals surface area contributed by atoms with Crippen molar-refractivity contribution in [1.29, 1.82) is 0 Å². The van der Waals surface area contributed by atoms with Crippen LogP contribution in [0, 0.1) is 50.4 Å². The summed E-state index contributed by atoms with van der Waals surface area (Å²) in [5, 5.41) is 10.4. The quantitative estimate of drug-likeness (QED) is 0.0625. The van der Waals surface area contributed by atoms with Crippen molar-refractivity contribution in [2.24, 2.45) is 17.8 Å². The number of fused-ring (bicyclic) bond motifs is 4. The van der Waals surface area contributed by atoms with Crippen LogP contribution in [0.25, 0.3) is 0 Å². The zero-order valence-corrected chi connectivity index (χ0v) is 27.1. The van der Waals surface area contributed by atoms with Gasteiger partial charge in [-0.1, -0.05) is 23.8 Å². The highest BCUT2D eigenvalue weighted by atomic mass is 127. The molecule has 2 aliphatic heterocycles. The van der Waals surface area contributed by atoms with Crippen LogP contribution in [0.15, 0.2) is 60.2 Å². The number of hydrogen-bond acceptors (Lipinski definition) is 5. The van der Waals surface area contributed by atoms with E-state index in [4.69, 9.17) is 23.2 Å². The molecule has 1 saturated carbocycles. The largest absolute Gasteiger partial charge is 0.508 e. The number of carbonyl (C=O) groups is 4. The van der Waals surface area contributed by atoms with Crippen LogP contribution < -0.4 is 9.80 Å². The van der Waals surface area contributed by atoms with Crippen LogP contribution >= 0.6 is 45.8 Å². The molecule has 4 aliphatic rings. The maximum Gasteiger partial charge on any atom is 0.258 e. The zero-order chi connectivity index (χ0) is 33.9. The smallest absolute Gasteiger partial charge is 0.258 e. The van der Waals surface area contributed by atoms with E-state index in [0.29, 0.717) is 5.69 Å². The topological polar surface area (TPSA) is 95.0 Å². The van der Waals surface area contributed by atoms with Crippen molar-refractivity contribution in [2.75, 3.05) is 9.80 Å². The Kier molecular flexibility index (Phi) is 7.30. The van der Waals surface area contributed by atoms with Gasteiger partial charge in [-0.2, -0.15) is 0 Å². The van der Waals surface area contributed by atoms with Gasteiger partial charge >= 0.3 is 0 Å². The van der Waals surface area contributed by atoms with E-state index in [1.807, 2.05) is 0 Å². The Morgan fingerprint density at radius 2 is 1.40 bits per heavy atom. The molecule has 1 N–H and O–H groups in total. The lowest BCUT2D eigenvalue weighted by Gasteiger charge is -2.50. The predicted molar refractivity (Wildman–Crippen MR) is 166 cm³/mol. The minimum Gasteiger partial charge on any atom is -0.508 e. The Morgan fingerprint density at radius 1 is 0.787 bits per heavy atom. The van der Waals surface area contributed by atoms with Crippen LogP contribution in [0.3, 0.4) is 0 Å². The van der Waals surface area contributed by atoms with Gasteiger partial charge in [0.1, 0.15) is 11.4 Å². The molecule has 3 aromatic rings. The molecule has 0 radical (unpaired) electrons. The third-order valence-electron chi connectivity index (χ3n) is 9.51. The number of phenolic OH excluding ortho intramolecular Hbond substituents is 1. The molecule has 4 amide bonds. The monoisotopic (exact) mass is 802 g/mol. The molecule has 15 heteroatoms. The minimum absolute atomic E-state index is 0.00298. The fourth-order valence-corrected chi connectivity index (χ4v) is 8.78. The summed E-state index contributed by atoms with van der Waals surface area (Å²) in [6, 6.07) is 11.9. The first-order valence-electron chi connectivity index (χ1n) is 14.1. The number of benzene rings is 3. The van der Waals surface area contributed by atoms with Crippen LogP contribution in [0.1, 0.15) is 24.3 Å². The van der Waals surface area contributed by atoms with E-state index in [0.717, 1.165) is 8.47 Å². The van der Waals surface area contributed by atoms with Crippen LogP contribution in [0.4, 0.5) is 33.3 Å². The first kappa shape index (κ1) is 32.0. The van der Waals surface area contributed by atoms with Crippen molar-refractivity contribution < 1.29 is 46.2 Å². The summed E-state index contributed by atoms with van der Waals surface area (Å²) in [6.07, 6.45) is 0.974. The standard InChI is InChI=1S/C32H18Cl2F5IN2O5/c33-31-11-18-16(8-9-17-19(18)28(45)41(27(17)44)14-6-4-13(40)5-7-14)20(12-2-1-3-15(43)10-12)32(31,34)30(47)42(29(31)46)26-24(38)22(36)21(35)23(37)25(26)39/h1-8,10,17-20,43H,9,11H2. The number of hydrogen-bond donors (Lipinski definition) is 1. The number of nitrogens with zero attached hydrogens (tertiary/aromatic N) is 2. The molecular formula is C32H18Cl2F5IN2O5. The van der Waals surface area contributed by atoms with Crippen LogP contribution in [0.2, 0.25) is 0 Å². The molecule has 7 rings (SSSR count). The molecule has 47 heavy (non-hydrogen) atoms. The van der Waals surface area contributed by atoms with Crippen molar-refractivity contribution >= 4 is 80.8 Å². The van der Waals surface area contributed by atoms with Gasteiger partial charge in [0.15, 0.2) is 33.0 Å². The number of allylic oxidation sites excluding steroid dienone is 2. The van der Waals surface area contributed by atoms with E-state index in [1.54, 1.807) is 30.3 Å². The minimum atomic E-state index is -2.66. The highest BCUT2D eigenvalue weighted by molar-refractivity contribution is 14.1. The fraction of sp³-hybridized carbons (Fsp3) is 0.250. The van der Waals surface area contributed by atoms with Crippen molar-refractivity contribution in [3.05, 3.63) is 98.4 Å². The van der Waals surface area contributed by atoms with Crippen molar-refractivity contribution in [1.82, 2.24) is 0 Å². The maximum atomic E-state index is 15.1. The lowest BCUT2D eigenvalue weighted by Crippen LogP contribution is -2.60. The first-order chi connectivity index (χ1) is 22.1. The molecule has 0 spiro atoms. The van der Waals surface area contributed by atoms with Gasteiger partial charge in [-0.3, -0.25) is 24.1 Å². The van der Waals surface area contributed by atoms with Gasteiger partial charge < -0.3 is 5.11 Å². The van der Waals surface area contributed by atoms with Crippen molar-refractivity contribution in [3.8, 4) is 5.75 Å². The van der Waals surface area contributed by atoms with Gasteiger partial charge in [0.2, 0.25) is 17.6 Å². The van der Waals surface area contributed by atoms with Crippen LogP contribution in [0.5, 0.6) is 5.75 Å². The van der Waals surface area contributed by atoms with E-state index in [2.05, 4.69) is 22.6 Å². The summed E-state index contributed by atoms with van der Waals surface area (Å²) in [5.41, 5.74) is -1.17.